The summed E-state index contributed by atoms with van der Waals surface area (Å²) < 4.78 is 0. The topological polar surface area (TPSA) is 0 Å². The molecule has 0 fully saturated rings. The fraction of sp³-hybridized carbons (Fsp3) is 0.444. The SMILES string of the molecule is CCc1bcccc1CC. The molecule has 1 rings (SSSR count). The van der Waals surface area contributed by atoms with Crippen LogP contribution in [-0.2, 0) is 12.8 Å². The number of aryl methyl sites for hydroxylation is 2. The minimum absolute atomic E-state index is 1.16. The van der Waals surface area contributed by atoms with E-state index in [4.69, 9.17) is 0 Å². The second-order valence-electron chi connectivity index (χ2n) is 2.48. The van der Waals surface area contributed by atoms with Crippen LogP contribution in [-0.4, -0.2) is 6.91 Å². The van der Waals surface area contributed by atoms with Crippen LogP contribution in [0.5, 0.6) is 0 Å². The monoisotopic (exact) mass is 132 g/mol. The van der Waals surface area contributed by atoms with E-state index in [1.807, 2.05) is 0 Å². The van der Waals surface area contributed by atoms with E-state index >= 15 is 0 Å². The molecule has 0 saturated carbocycles. The van der Waals surface area contributed by atoms with Gasteiger partial charge in [-0.1, -0.05) is 0 Å². The Kier molecular flexibility index (Phi) is 2.67. The summed E-state index contributed by atoms with van der Waals surface area (Å²) in [5, 5.41) is 0. The maximum atomic E-state index is 2.21. The van der Waals surface area contributed by atoms with Crippen molar-refractivity contribution in [2.45, 2.75) is 26.7 Å². The fourth-order valence-electron chi connectivity index (χ4n) is 1.25. The molecule has 0 unspecified atom stereocenters. The van der Waals surface area contributed by atoms with Crippen LogP contribution in [0.15, 0.2) is 18.1 Å². The Bertz CT molecular complexity index is 183. The van der Waals surface area contributed by atoms with Crippen molar-refractivity contribution < 1.29 is 0 Å². The number of rotatable bonds is 2. The van der Waals surface area contributed by atoms with Gasteiger partial charge in [0.1, 0.15) is 0 Å². The third-order valence-corrected chi connectivity index (χ3v) is 1.88. The molecule has 0 saturated heterocycles. The fourth-order valence-corrected chi connectivity index (χ4v) is 1.25. The average molecular weight is 132 g/mol. The van der Waals surface area contributed by atoms with Gasteiger partial charge in [0.25, 0.3) is 0 Å². The van der Waals surface area contributed by atoms with Crippen LogP contribution in [0.4, 0.5) is 0 Å². The Balaban J connectivity index is 2.96. The predicted molar refractivity (Wildman–Crippen MR) is 46.5 cm³/mol. The molecule has 1 heterocycles. The van der Waals surface area contributed by atoms with E-state index in [1.165, 1.54) is 11.0 Å². The van der Waals surface area contributed by atoms with Gasteiger partial charge < -0.3 is 0 Å². The van der Waals surface area contributed by atoms with Gasteiger partial charge in [0, 0.05) is 0 Å². The Morgan fingerprint density at radius 1 is 1.30 bits per heavy atom. The van der Waals surface area contributed by atoms with Gasteiger partial charge in [-0.05, 0) is 0 Å². The van der Waals surface area contributed by atoms with E-state index in [1.54, 1.807) is 0 Å². The first-order valence-electron chi connectivity index (χ1n) is 3.95. The van der Waals surface area contributed by atoms with Crippen LogP contribution in [0, 0.1) is 0 Å². The van der Waals surface area contributed by atoms with Crippen LogP contribution in [0.1, 0.15) is 24.9 Å². The molecule has 0 amide bonds. The summed E-state index contributed by atoms with van der Waals surface area (Å²) in [4.78, 5) is 0. The summed E-state index contributed by atoms with van der Waals surface area (Å²) >= 11 is 0. The molecule has 1 aromatic heterocycles. The molecule has 0 spiro atoms. The van der Waals surface area contributed by atoms with Crippen molar-refractivity contribution in [2.75, 3.05) is 0 Å². The standard InChI is InChI=1S/C9H13B/c1-3-8-6-5-7-10-9(8)4-2/h5-7H,3-4H2,1-2H3. The summed E-state index contributed by atoms with van der Waals surface area (Å²) in [6.07, 6.45) is 2.31. The number of hydrogen-bond acceptors (Lipinski definition) is 0. The van der Waals surface area contributed by atoms with Gasteiger partial charge in [-0.25, -0.2) is 0 Å². The first-order chi connectivity index (χ1) is 4.88. The second kappa shape index (κ2) is 3.55. The normalized spacial score (nSPS) is 9.40. The van der Waals surface area contributed by atoms with Gasteiger partial charge in [-0.15, -0.1) is 0 Å². The zero-order valence-corrected chi connectivity index (χ0v) is 6.72. The maximum absolute atomic E-state index is 2.21. The van der Waals surface area contributed by atoms with Crippen molar-refractivity contribution in [2.24, 2.45) is 0 Å². The molecular formula is C9H13B. The van der Waals surface area contributed by atoms with E-state index in [0.29, 0.717) is 0 Å². The average Bonchev–Trinajstić information content (AvgIpc) is 2.04. The summed E-state index contributed by atoms with van der Waals surface area (Å²) in [6, 6.07) is 4.32. The first-order valence-corrected chi connectivity index (χ1v) is 3.95. The third kappa shape index (κ3) is 1.47. The van der Waals surface area contributed by atoms with E-state index in [2.05, 4.69) is 38.9 Å². The van der Waals surface area contributed by atoms with Crippen molar-refractivity contribution in [3.63, 3.8) is 0 Å². The molecule has 52 valence electrons. The third-order valence-electron chi connectivity index (χ3n) is 1.88. The molecule has 0 aliphatic carbocycles. The summed E-state index contributed by atoms with van der Waals surface area (Å²) in [6.45, 7) is 6.61. The molecule has 0 N–H and O–H groups in total. The van der Waals surface area contributed by atoms with Crippen molar-refractivity contribution >= 4 is 6.91 Å². The van der Waals surface area contributed by atoms with Crippen LogP contribution < -0.4 is 0 Å². The minimum atomic E-state index is 1.16. The predicted octanol–water partition coefficient (Wildman–Crippen LogP) is 2.15. The van der Waals surface area contributed by atoms with Crippen molar-refractivity contribution in [1.29, 1.82) is 0 Å². The molecule has 0 bridgehead atoms. The zero-order valence-electron chi connectivity index (χ0n) is 6.72. The summed E-state index contributed by atoms with van der Waals surface area (Å²) in [5.41, 5.74) is 2.98. The molecule has 0 aromatic carbocycles. The van der Waals surface area contributed by atoms with E-state index in [9.17, 15) is 0 Å². The number of hydrogen-bond donors (Lipinski definition) is 0. The first kappa shape index (κ1) is 7.52. The van der Waals surface area contributed by atoms with Gasteiger partial charge in [0.15, 0.2) is 0 Å². The second-order valence-corrected chi connectivity index (χ2v) is 2.48. The quantitative estimate of drug-likeness (QED) is 0.578. The molecule has 0 radical (unpaired) electrons. The summed E-state index contributed by atoms with van der Waals surface area (Å²) in [5.74, 6) is 2.11. The molecular weight excluding hydrogens is 119 g/mol. The molecule has 0 aliphatic rings. The van der Waals surface area contributed by atoms with Gasteiger partial charge >= 0.3 is 62.7 Å². The Morgan fingerprint density at radius 2 is 2.10 bits per heavy atom. The zero-order chi connectivity index (χ0) is 7.40. The van der Waals surface area contributed by atoms with Crippen molar-refractivity contribution in [3.8, 4) is 0 Å². The van der Waals surface area contributed by atoms with Gasteiger partial charge in [-0.3, -0.25) is 0 Å². The summed E-state index contributed by atoms with van der Waals surface area (Å²) in [7, 11) is 0. The van der Waals surface area contributed by atoms with Gasteiger partial charge in [0.05, 0.1) is 0 Å². The van der Waals surface area contributed by atoms with E-state index in [-0.39, 0.29) is 0 Å². The van der Waals surface area contributed by atoms with Crippen LogP contribution in [0.25, 0.3) is 0 Å². The van der Waals surface area contributed by atoms with Crippen LogP contribution in [0.2, 0.25) is 0 Å². The van der Waals surface area contributed by atoms with Gasteiger partial charge in [-0.2, -0.15) is 0 Å². The molecule has 0 atom stereocenters. The Morgan fingerprint density at radius 3 is 2.60 bits per heavy atom. The molecule has 0 aliphatic heterocycles. The van der Waals surface area contributed by atoms with Crippen LogP contribution >= 0.6 is 0 Å². The molecule has 1 heteroatoms. The van der Waals surface area contributed by atoms with E-state index in [0.717, 1.165) is 12.8 Å². The Hall–Kier alpha value is -0.585. The Labute approximate surface area is 63.5 Å². The van der Waals surface area contributed by atoms with Crippen LogP contribution in [0.3, 0.4) is 0 Å². The molecule has 10 heavy (non-hydrogen) atoms. The van der Waals surface area contributed by atoms with E-state index < -0.39 is 0 Å². The van der Waals surface area contributed by atoms with Crippen molar-refractivity contribution in [3.05, 3.63) is 29.1 Å². The molecule has 1 aromatic rings. The van der Waals surface area contributed by atoms with Crippen molar-refractivity contribution in [1.82, 2.24) is 0 Å². The molecule has 0 nitrogen and oxygen atoms in total. The van der Waals surface area contributed by atoms with Gasteiger partial charge in [0.2, 0.25) is 0 Å².